The lowest BCUT2D eigenvalue weighted by molar-refractivity contribution is 0.102. The normalized spacial score (nSPS) is 12.8. The van der Waals surface area contributed by atoms with Crippen molar-refractivity contribution < 1.29 is 9.53 Å². The highest BCUT2D eigenvalue weighted by Gasteiger charge is 2.13. The summed E-state index contributed by atoms with van der Waals surface area (Å²) in [5.41, 5.74) is 3.90. The molecular formula is C18H20N2O2. The highest BCUT2D eigenvalue weighted by atomic mass is 16.5. The molecule has 2 aromatic rings. The third kappa shape index (κ3) is 3.28. The fourth-order valence-corrected chi connectivity index (χ4v) is 2.52. The van der Waals surface area contributed by atoms with Crippen molar-refractivity contribution >= 4 is 11.6 Å². The molecule has 22 heavy (non-hydrogen) atoms. The van der Waals surface area contributed by atoms with E-state index in [1.54, 1.807) is 0 Å². The summed E-state index contributed by atoms with van der Waals surface area (Å²) in [5.74, 6) is 0.681. The zero-order valence-corrected chi connectivity index (χ0v) is 12.7. The van der Waals surface area contributed by atoms with Gasteiger partial charge in [-0.1, -0.05) is 19.1 Å². The molecule has 1 aliphatic rings. The van der Waals surface area contributed by atoms with Crippen LogP contribution in [0.15, 0.2) is 42.5 Å². The monoisotopic (exact) mass is 296 g/mol. The number of anilines is 1. The van der Waals surface area contributed by atoms with Crippen molar-refractivity contribution in [3.05, 3.63) is 59.2 Å². The Labute approximate surface area is 130 Å². The van der Waals surface area contributed by atoms with Gasteiger partial charge in [0.1, 0.15) is 5.75 Å². The molecule has 0 saturated carbocycles. The number of ether oxygens (including phenoxy) is 1. The second-order valence-corrected chi connectivity index (χ2v) is 5.42. The predicted octanol–water partition coefficient (Wildman–Crippen LogP) is 3.33. The molecule has 2 N–H and O–H groups in total. The van der Waals surface area contributed by atoms with Gasteiger partial charge in [0.15, 0.2) is 0 Å². The lowest BCUT2D eigenvalue weighted by Gasteiger charge is -2.09. The largest absolute Gasteiger partial charge is 0.494 e. The summed E-state index contributed by atoms with van der Waals surface area (Å²) in [6.07, 6.45) is 0.958. The molecule has 0 aromatic heterocycles. The molecule has 0 aliphatic carbocycles. The Hall–Kier alpha value is -2.33. The van der Waals surface area contributed by atoms with Crippen molar-refractivity contribution in [3.8, 4) is 5.75 Å². The van der Waals surface area contributed by atoms with E-state index in [2.05, 4.69) is 17.6 Å². The number of benzene rings is 2. The van der Waals surface area contributed by atoms with Crippen LogP contribution < -0.4 is 15.4 Å². The lowest BCUT2D eigenvalue weighted by Crippen LogP contribution is -2.12. The summed E-state index contributed by atoms with van der Waals surface area (Å²) < 4.78 is 5.58. The van der Waals surface area contributed by atoms with Gasteiger partial charge in [-0.15, -0.1) is 0 Å². The van der Waals surface area contributed by atoms with Crippen molar-refractivity contribution in [2.24, 2.45) is 0 Å². The maximum Gasteiger partial charge on any atom is 0.255 e. The van der Waals surface area contributed by atoms with Crippen LogP contribution >= 0.6 is 0 Å². The zero-order chi connectivity index (χ0) is 15.4. The van der Waals surface area contributed by atoms with Crippen LogP contribution in [0.4, 0.5) is 5.69 Å². The first-order valence-corrected chi connectivity index (χ1v) is 7.63. The summed E-state index contributed by atoms with van der Waals surface area (Å²) in [5, 5.41) is 6.21. The van der Waals surface area contributed by atoms with Gasteiger partial charge in [0, 0.05) is 30.4 Å². The maximum absolute atomic E-state index is 12.4. The van der Waals surface area contributed by atoms with Crippen molar-refractivity contribution in [1.82, 2.24) is 5.32 Å². The Balaban J connectivity index is 1.71. The van der Waals surface area contributed by atoms with E-state index in [-0.39, 0.29) is 5.91 Å². The highest BCUT2D eigenvalue weighted by Crippen LogP contribution is 2.20. The van der Waals surface area contributed by atoms with E-state index < -0.39 is 0 Å². The van der Waals surface area contributed by atoms with Crippen molar-refractivity contribution in [2.45, 2.75) is 26.4 Å². The van der Waals surface area contributed by atoms with Crippen molar-refractivity contribution in [3.63, 3.8) is 0 Å². The van der Waals surface area contributed by atoms with Crippen LogP contribution in [-0.4, -0.2) is 12.5 Å². The molecule has 4 nitrogen and oxygen atoms in total. The zero-order valence-electron chi connectivity index (χ0n) is 12.7. The van der Waals surface area contributed by atoms with Gasteiger partial charge in [0.25, 0.3) is 5.91 Å². The van der Waals surface area contributed by atoms with Crippen molar-refractivity contribution in [1.29, 1.82) is 0 Å². The second-order valence-electron chi connectivity index (χ2n) is 5.42. The molecule has 0 saturated heterocycles. The van der Waals surface area contributed by atoms with E-state index in [0.29, 0.717) is 12.2 Å². The van der Waals surface area contributed by atoms with E-state index in [1.165, 1.54) is 11.1 Å². The molecule has 1 aliphatic heterocycles. The molecule has 0 radical (unpaired) electrons. The minimum Gasteiger partial charge on any atom is -0.494 e. The summed E-state index contributed by atoms with van der Waals surface area (Å²) in [6.45, 7) is 4.45. The first-order chi connectivity index (χ1) is 10.8. The standard InChI is InChI=1S/C18H20N2O2/c1-2-8-22-17-5-3-4-16(10-17)20-18(21)13-6-7-14-11-19-12-15(14)9-13/h3-7,9-10,19H,2,8,11-12H2,1H3,(H,20,21). The Kier molecular flexibility index (Phi) is 4.39. The maximum atomic E-state index is 12.4. The Morgan fingerprint density at radius 1 is 1.18 bits per heavy atom. The molecule has 3 rings (SSSR count). The van der Waals surface area contributed by atoms with Crippen LogP contribution in [0.2, 0.25) is 0 Å². The van der Waals surface area contributed by atoms with Gasteiger partial charge in [0.2, 0.25) is 0 Å². The van der Waals surface area contributed by atoms with Gasteiger partial charge in [-0.05, 0) is 41.8 Å². The number of hydrogen-bond donors (Lipinski definition) is 2. The smallest absolute Gasteiger partial charge is 0.255 e. The lowest BCUT2D eigenvalue weighted by atomic mass is 10.1. The number of nitrogens with one attached hydrogen (secondary N) is 2. The molecule has 0 bridgehead atoms. The molecule has 0 fully saturated rings. The first kappa shape index (κ1) is 14.6. The van der Waals surface area contributed by atoms with E-state index >= 15 is 0 Å². The second kappa shape index (κ2) is 6.62. The Morgan fingerprint density at radius 3 is 2.91 bits per heavy atom. The average Bonchev–Trinajstić information content (AvgIpc) is 3.00. The van der Waals surface area contributed by atoms with Crippen LogP contribution in [0.25, 0.3) is 0 Å². The van der Waals surface area contributed by atoms with Crippen LogP contribution in [0.5, 0.6) is 5.75 Å². The number of hydrogen-bond acceptors (Lipinski definition) is 3. The summed E-state index contributed by atoms with van der Waals surface area (Å²) in [4.78, 5) is 12.4. The van der Waals surface area contributed by atoms with Crippen LogP contribution in [0.1, 0.15) is 34.8 Å². The SMILES string of the molecule is CCCOc1cccc(NC(=O)c2ccc3c(c2)CNC3)c1. The number of carbonyl (C=O) groups excluding carboxylic acids is 1. The summed E-state index contributed by atoms with van der Waals surface area (Å²) in [7, 11) is 0. The molecular weight excluding hydrogens is 276 g/mol. The first-order valence-electron chi connectivity index (χ1n) is 7.63. The molecule has 0 spiro atoms. The minimum absolute atomic E-state index is 0.0951. The number of fused-ring (bicyclic) bond motifs is 1. The van der Waals surface area contributed by atoms with E-state index in [9.17, 15) is 4.79 Å². The highest BCUT2D eigenvalue weighted by molar-refractivity contribution is 6.04. The third-order valence-corrected chi connectivity index (χ3v) is 3.66. The topological polar surface area (TPSA) is 50.4 Å². The molecule has 114 valence electrons. The molecule has 0 atom stereocenters. The van der Waals surface area contributed by atoms with E-state index in [1.807, 2.05) is 42.5 Å². The van der Waals surface area contributed by atoms with Crippen LogP contribution in [0, 0.1) is 0 Å². The number of amides is 1. The third-order valence-electron chi connectivity index (χ3n) is 3.66. The van der Waals surface area contributed by atoms with Gasteiger partial charge < -0.3 is 15.4 Å². The van der Waals surface area contributed by atoms with Crippen LogP contribution in [0.3, 0.4) is 0 Å². The molecule has 0 unspecified atom stereocenters. The summed E-state index contributed by atoms with van der Waals surface area (Å²) >= 11 is 0. The van der Waals surface area contributed by atoms with Crippen molar-refractivity contribution in [2.75, 3.05) is 11.9 Å². The molecule has 1 heterocycles. The predicted molar refractivity (Wildman–Crippen MR) is 87.2 cm³/mol. The Morgan fingerprint density at radius 2 is 2.05 bits per heavy atom. The Bertz CT molecular complexity index is 683. The minimum atomic E-state index is -0.0951. The van der Waals surface area contributed by atoms with E-state index in [4.69, 9.17) is 4.74 Å². The van der Waals surface area contributed by atoms with Gasteiger partial charge in [0.05, 0.1) is 6.61 Å². The van der Waals surface area contributed by atoms with Crippen LogP contribution in [-0.2, 0) is 13.1 Å². The molecule has 1 amide bonds. The number of rotatable bonds is 5. The fraction of sp³-hybridized carbons (Fsp3) is 0.278. The van der Waals surface area contributed by atoms with Gasteiger partial charge >= 0.3 is 0 Å². The molecule has 4 heteroatoms. The van der Waals surface area contributed by atoms with E-state index in [0.717, 1.165) is 30.9 Å². The molecule has 2 aromatic carbocycles. The quantitative estimate of drug-likeness (QED) is 0.890. The van der Waals surface area contributed by atoms with Gasteiger partial charge in [-0.2, -0.15) is 0 Å². The van der Waals surface area contributed by atoms with Gasteiger partial charge in [-0.25, -0.2) is 0 Å². The number of carbonyl (C=O) groups is 1. The average molecular weight is 296 g/mol. The fourth-order valence-electron chi connectivity index (χ4n) is 2.52. The van der Waals surface area contributed by atoms with Gasteiger partial charge in [-0.3, -0.25) is 4.79 Å². The summed E-state index contributed by atoms with van der Waals surface area (Å²) in [6, 6.07) is 13.3.